The van der Waals surface area contributed by atoms with Crippen molar-refractivity contribution in [1.29, 1.82) is 0 Å². The first kappa shape index (κ1) is 15.4. The van der Waals surface area contributed by atoms with E-state index >= 15 is 0 Å². The van der Waals surface area contributed by atoms with Crippen LogP contribution in [0.1, 0.15) is 18.4 Å². The maximum atomic E-state index is 12.3. The van der Waals surface area contributed by atoms with E-state index in [1.54, 1.807) is 13.8 Å². The third-order valence-corrected chi connectivity index (χ3v) is 5.06. The lowest BCUT2D eigenvalue weighted by atomic mass is 10.3. The normalized spacial score (nSPS) is 19.1. The molecule has 7 nitrogen and oxygen atoms in total. The number of ether oxygens (including phenoxy) is 1. The number of nitrogens with one attached hydrogen (secondary N) is 1. The largest absolute Gasteiger partial charge is 0.379 e. The first-order valence-corrected chi connectivity index (χ1v) is 8.14. The third kappa shape index (κ3) is 3.57. The van der Waals surface area contributed by atoms with Crippen LogP contribution in [0.3, 0.4) is 0 Å². The maximum absolute atomic E-state index is 12.3. The lowest BCUT2D eigenvalue weighted by molar-refractivity contribution is 0.0354. The summed E-state index contributed by atoms with van der Waals surface area (Å²) in [7, 11) is -3.59. The standard InChI is InChI=1S/C12H21N3O4S/c1-9(8-15-4-6-18-7-5-15)14-20(16,17)12-10(2)13-19-11(12)3/h9,14H,4-8H2,1-3H3/t9-/m0/s1. The second-order valence-corrected chi connectivity index (χ2v) is 6.74. The zero-order chi connectivity index (χ0) is 14.8. The molecule has 0 radical (unpaired) electrons. The van der Waals surface area contributed by atoms with E-state index < -0.39 is 10.0 Å². The van der Waals surface area contributed by atoms with Crippen LogP contribution in [0.2, 0.25) is 0 Å². The first-order chi connectivity index (χ1) is 9.40. The smallest absolute Gasteiger partial charge is 0.246 e. The van der Waals surface area contributed by atoms with Gasteiger partial charge in [0, 0.05) is 25.7 Å². The Morgan fingerprint density at radius 3 is 2.55 bits per heavy atom. The van der Waals surface area contributed by atoms with Gasteiger partial charge in [0.2, 0.25) is 10.0 Å². The van der Waals surface area contributed by atoms with Crippen molar-refractivity contribution in [2.75, 3.05) is 32.8 Å². The molecule has 0 saturated carbocycles. The topological polar surface area (TPSA) is 84.7 Å². The molecular weight excluding hydrogens is 282 g/mol. The number of nitrogens with zero attached hydrogens (tertiary/aromatic N) is 2. The molecule has 1 N–H and O–H groups in total. The van der Waals surface area contributed by atoms with Gasteiger partial charge in [-0.3, -0.25) is 4.90 Å². The minimum Gasteiger partial charge on any atom is -0.379 e. The van der Waals surface area contributed by atoms with Crippen LogP contribution in [0.4, 0.5) is 0 Å². The molecule has 2 heterocycles. The van der Waals surface area contributed by atoms with Crippen molar-refractivity contribution < 1.29 is 17.7 Å². The fourth-order valence-corrected chi connectivity index (χ4v) is 3.95. The number of sulfonamides is 1. The predicted molar refractivity (Wildman–Crippen MR) is 73.0 cm³/mol. The summed E-state index contributed by atoms with van der Waals surface area (Å²) < 4.78 is 37.5. The van der Waals surface area contributed by atoms with Crippen molar-refractivity contribution in [3.63, 3.8) is 0 Å². The maximum Gasteiger partial charge on any atom is 0.246 e. The predicted octanol–water partition coefficient (Wildman–Crippen LogP) is 0.290. The van der Waals surface area contributed by atoms with Gasteiger partial charge in [-0.15, -0.1) is 0 Å². The van der Waals surface area contributed by atoms with Crippen molar-refractivity contribution in [2.24, 2.45) is 0 Å². The number of aromatic nitrogens is 1. The summed E-state index contributed by atoms with van der Waals surface area (Å²) in [5.41, 5.74) is 0.383. The monoisotopic (exact) mass is 303 g/mol. The van der Waals surface area contributed by atoms with Gasteiger partial charge in [-0.2, -0.15) is 0 Å². The average Bonchev–Trinajstić information content (AvgIpc) is 2.70. The summed E-state index contributed by atoms with van der Waals surface area (Å²) in [4.78, 5) is 2.33. The minimum absolute atomic E-state index is 0.145. The lowest BCUT2D eigenvalue weighted by Crippen LogP contribution is -2.46. The molecule has 1 aromatic rings. The van der Waals surface area contributed by atoms with Crippen molar-refractivity contribution in [2.45, 2.75) is 31.7 Å². The highest BCUT2D eigenvalue weighted by Crippen LogP contribution is 2.18. The van der Waals surface area contributed by atoms with Gasteiger partial charge < -0.3 is 9.26 Å². The van der Waals surface area contributed by atoms with Gasteiger partial charge in [0.15, 0.2) is 5.76 Å². The van der Waals surface area contributed by atoms with Crippen LogP contribution in [0.15, 0.2) is 9.42 Å². The SMILES string of the molecule is Cc1noc(C)c1S(=O)(=O)N[C@@H](C)CN1CCOCC1. The molecule has 0 amide bonds. The van der Waals surface area contributed by atoms with E-state index in [0.717, 1.165) is 13.1 Å². The molecule has 0 spiro atoms. The summed E-state index contributed by atoms with van der Waals surface area (Å²) in [6.45, 7) is 8.79. The Morgan fingerprint density at radius 2 is 2.00 bits per heavy atom. The van der Waals surface area contributed by atoms with Gasteiger partial charge in [-0.25, -0.2) is 13.1 Å². The Morgan fingerprint density at radius 1 is 1.35 bits per heavy atom. The summed E-state index contributed by atoms with van der Waals surface area (Å²) >= 11 is 0. The van der Waals surface area contributed by atoms with E-state index in [4.69, 9.17) is 9.26 Å². The van der Waals surface area contributed by atoms with Crippen LogP contribution in [0, 0.1) is 13.8 Å². The number of rotatable bonds is 5. The van der Waals surface area contributed by atoms with Gasteiger partial charge in [0.05, 0.1) is 13.2 Å². The fourth-order valence-electron chi connectivity index (χ4n) is 2.39. The van der Waals surface area contributed by atoms with Crippen LogP contribution >= 0.6 is 0 Å². The molecule has 1 aromatic heterocycles. The average molecular weight is 303 g/mol. The molecule has 0 aromatic carbocycles. The molecule has 1 aliphatic rings. The molecule has 0 bridgehead atoms. The van der Waals surface area contributed by atoms with Crippen molar-refractivity contribution in [3.8, 4) is 0 Å². The molecule has 0 aliphatic carbocycles. The van der Waals surface area contributed by atoms with Gasteiger partial charge in [-0.1, -0.05) is 5.16 Å². The molecule has 1 atom stereocenters. The molecule has 1 fully saturated rings. The van der Waals surface area contributed by atoms with Crippen molar-refractivity contribution >= 4 is 10.0 Å². The summed E-state index contributed by atoms with van der Waals surface area (Å²) in [5.74, 6) is 0.313. The van der Waals surface area contributed by atoms with E-state index in [1.165, 1.54) is 0 Å². The van der Waals surface area contributed by atoms with Gasteiger partial charge in [0.25, 0.3) is 0 Å². The molecule has 0 unspecified atom stereocenters. The Bertz CT molecular complexity index is 530. The molecule has 8 heteroatoms. The number of aryl methyl sites for hydroxylation is 2. The van der Waals surface area contributed by atoms with Crippen LogP contribution < -0.4 is 4.72 Å². The van der Waals surface area contributed by atoms with Crippen LogP contribution in [0.5, 0.6) is 0 Å². The minimum atomic E-state index is -3.59. The lowest BCUT2D eigenvalue weighted by Gasteiger charge is -2.29. The van der Waals surface area contributed by atoms with Gasteiger partial charge in [0.1, 0.15) is 10.6 Å². The van der Waals surface area contributed by atoms with Crippen LogP contribution in [-0.2, 0) is 14.8 Å². The Hall–Kier alpha value is -0.960. The van der Waals surface area contributed by atoms with E-state index in [9.17, 15) is 8.42 Å². The quantitative estimate of drug-likeness (QED) is 0.841. The molecule has 20 heavy (non-hydrogen) atoms. The summed E-state index contributed by atoms with van der Waals surface area (Å²) in [6, 6.07) is -0.188. The zero-order valence-electron chi connectivity index (χ0n) is 12.0. The highest BCUT2D eigenvalue weighted by atomic mass is 32.2. The van der Waals surface area contributed by atoms with E-state index in [0.29, 0.717) is 31.2 Å². The van der Waals surface area contributed by atoms with Crippen LogP contribution in [-0.4, -0.2) is 57.4 Å². The summed E-state index contributed by atoms with van der Waals surface area (Å²) in [6.07, 6.45) is 0. The highest BCUT2D eigenvalue weighted by molar-refractivity contribution is 7.89. The molecular formula is C12H21N3O4S. The van der Waals surface area contributed by atoms with Crippen molar-refractivity contribution in [1.82, 2.24) is 14.8 Å². The third-order valence-electron chi connectivity index (χ3n) is 3.23. The zero-order valence-corrected chi connectivity index (χ0v) is 12.9. The van der Waals surface area contributed by atoms with E-state index in [1.807, 2.05) is 6.92 Å². The highest BCUT2D eigenvalue weighted by Gasteiger charge is 2.26. The molecule has 114 valence electrons. The second-order valence-electron chi connectivity index (χ2n) is 5.09. The number of morpholine rings is 1. The van der Waals surface area contributed by atoms with Crippen molar-refractivity contribution in [3.05, 3.63) is 11.5 Å². The molecule has 1 saturated heterocycles. The Kier molecular flexibility index (Phi) is 4.79. The van der Waals surface area contributed by atoms with E-state index in [-0.39, 0.29) is 10.9 Å². The van der Waals surface area contributed by atoms with Gasteiger partial charge >= 0.3 is 0 Å². The molecule has 1 aliphatic heterocycles. The number of hydrogen-bond donors (Lipinski definition) is 1. The van der Waals surface area contributed by atoms with Gasteiger partial charge in [-0.05, 0) is 20.8 Å². The Balaban J connectivity index is 2.01. The second kappa shape index (κ2) is 6.21. The number of hydrogen-bond acceptors (Lipinski definition) is 6. The summed E-state index contributed by atoms with van der Waals surface area (Å²) in [5, 5.41) is 3.68. The fraction of sp³-hybridized carbons (Fsp3) is 0.750. The van der Waals surface area contributed by atoms with Crippen LogP contribution in [0.25, 0.3) is 0 Å². The van der Waals surface area contributed by atoms with E-state index in [2.05, 4.69) is 14.8 Å². The molecule has 2 rings (SSSR count). The first-order valence-electron chi connectivity index (χ1n) is 6.65. The Labute approximate surface area is 119 Å².